The summed E-state index contributed by atoms with van der Waals surface area (Å²) >= 11 is 0. The van der Waals surface area contributed by atoms with Gasteiger partial charge in [0.15, 0.2) is 0 Å². The maximum absolute atomic E-state index is 4.04. The maximum Gasteiger partial charge on any atom is 0.0921 e. The van der Waals surface area contributed by atoms with Crippen molar-refractivity contribution in [1.29, 1.82) is 0 Å². The molecular weight excluding hydrogens is 220 g/mol. The van der Waals surface area contributed by atoms with Gasteiger partial charge in [0.05, 0.1) is 6.33 Å². The molecule has 2 heteroatoms. The van der Waals surface area contributed by atoms with Gasteiger partial charge in [-0.25, -0.2) is 4.98 Å². The third kappa shape index (κ3) is 2.33. The number of hydrogen-bond donors (Lipinski definition) is 1. The molecule has 0 aliphatic rings. The first-order valence-corrected chi connectivity index (χ1v) is 6.03. The molecule has 3 aromatic rings. The minimum atomic E-state index is 0.890. The highest BCUT2D eigenvalue weighted by Gasteiger charge is 2.00. The summed E-state index contributed by atoms with van der Waals surface area (Å²) in [5.74, 6) is 0. The zero-order valence-electron chi connectivity index (χ0n) is 10.0. The molecule has 0 amide bonds. The third-order valence-electron chi connectivity index (χ3n) is 2.98. The lowest BCUT2D eigenvalue weighted by atomic mass is 10.0. The maximum atomic E-state index is 4.04. The summed E-state index contributed by atoms with van der Waals surface area (Å²) in [7, 11) is 0. The van der Waals surface area contributed by atoms with Crippen LogP contribution in [0.4, 0.5) is 0 Å². The van der Waals surface area contributed by atoms with Crippen LogP contribution in [0.2, 0.25) is 0 Å². The van der Waals surface area contributed by atoms with Gasteiger partial charge in [-0.05, 0) is 16.7 Å². The largest absolute Gasteiger partial charge is 0.348 e. The van der Waals surface area contributed by atoms with E-state index in [1.807, 2.05) is 12.3 Å². The van der Waals surface area contributed by atoms with E-state index in [0.717, 1.165) is 12.1 Å². The van der Waals surface area contributed by atoms with Gasteiger partial charge in [-0.1, -0.05) is 54.6 Å². The van der Waals surface area contributed by atoms with Crippen molar-refractivity contribution in [3.05, 3.63) is 78.4 Å². The van der Waals surface area contributed by atoms with Gasteiger partial charge in [0, 0.05) is 18.3 Å². The zero-order valence-corrected chi connectivity index (χ0v) is 10.0. The zero-order chi connectivity index (χ0) is 12.2. The molecule has 18 heavy (non-hydrogen) atoms. The normalized spacial score (nSPS) is 10.4. The first kappa shape index (κ1) is 10.8. The smallest absolute Gasteiger partial charge is 0.0921 e. The van der Waals surface area contributed by atoms with Crippen LogP contribution < -0.4 is 0 Å². The molecule has 2 nitrogen and oxygen atoms in total. The van der Waals surface area contributed by atoms with Gasteiger partial charge < -0.3 is 4.98 Å². The lowest BCUT2D eigenvalue weighted by Crippen LogP contribution is -1.88. The SMILES string of the molecule is c1ccc(-c2cccc(Cc3cnc[nH]3)c2)cc1. The summed E-state index contributed by atoms with van der Waals surface area (Å²) in [5.41, 5.74) is 4.94. The second-order valence-electron chi connectivity index (χ2n) is 4.32. The van der Waals surface area contributed by atoms with Crippen molar-refractivity contribution in [2.24, 2.45) is 0 Å². The molecule has 1 aromatic heterocycles. The number of hydrogen-bond acceptors (Lipinski definition) is 1. The minimum Gasteiger partial charge on any atom is -0.348 e. The molecular formula is C16H14N2. The lowest BCUT2D eigenvalue weighted by molar-refractivity contribution is 1.11. The Labute approximate surface area is 106 Å². The summed E-state index contributed by atoms with van der Waals surface area (Å²) in [6.45, 7) is 0. The van der Waals surface area contributed by atoms with Crippen LogP contribution in [-0.4, -0.2) is 9.97 Å². The Kier molecular flexibility index (Phi) is 2.92. The molecule has 0 unspecified atom stereocenters. The van der Waals surface area contributed by atoms with Gasteiger partial charge in [0.1, 0.15) is 0 Å². The van der Waals surface area contributed by atoms with E-state index < -0.39 is 0 Å². The Morgan fingerprint density at radius 3 is 2.50 bits per heavy atom. The number of nitrogens with one attached hydrogen (secondary N) is 1. The number of benzene rings is 2. The van der Waals surface area contributed by atoms with E-state index in [0.29, 0.717) is 0 Å². The van der Waals surface area contributed by atoms with Gasteiger partial charge in [0.2, 0.25) is 0 Å². The van der Waals surface area contributed by atoms with Crippen LogP contribution in [0, 0.1) is 0 Å². The van der Waals surface area contributed by atoms with Crippen LogP contribution in [0.25, 0.3) is 11.1 Å². The molecule has 0 saturated heterocycles. The lowest BCUT2D eigenvalue weighted by Gasteiger charge is -2.04. The summed E-state index contributed by atoms with van der Waals surface area (Å²) in [6.07, 6.45) is 4.48. The molecule has 88 valence electrons. The molecule has 0 atom stereocenters. The Morgan fingerprint density at radius 2 is 1.72 bits per heavy atom. The number of aromatic amines is 1. The Bertz CT molecular complexity index is 613. The van der Waals surface area contributed by atoms with Gasteiger partial charge in [0.25, 0.3) is 0 Å². The fourth-order valence-corrected chi connectivity index (χ4v) is 2.09. The highest BCUT2D eigenvalue weighted by atomic mass is 14.9. The van der Waals surface area contributed by atoms with Crippen LogP contribution in [0.15, 0.2) is 67.1 Å². The number of rotatable bonds is 3. The fraction of sp³-hybridized carbons (Fsp3) is 0.0625. The average molecular weight is 234 g/mol. The van der Waals surface area contributed by atoms with Gasteiger partial charge in [-0.15, -0.1) is 0 Å². The van der Waals surface area contributed by atoms with Crippen molar-refractivity contribution in [3.63, 3.8) is 0 Å². The molecule has 1 N–H and O–H groups in total. The monoisotopic (exact) mass is 234 g/mol. The Morgan fingerprint density at radius 1 is 0.889 bits per heavy atom. The third-order valence-corrected chi connectivity index (χ3v) is 2.98. The first-order valence-electron chi connectivity index (χ1n) is 6.03. The van der Waals surface area contributed by atoms with Crippen molar-refractivity contribution in [1.82, 2.24) is 9.97 Å². The van der Waals surface area contributed by atoms with Crippen molar-refractivity contribution < 1.29 is 0 Å². The second kappa shape index (κ2) is 4.88. The highest BCUT2D eigenvalue weighted by Crippen LogP contribution is 2.20. The van der Waals surface area contributed by atoms with E-state index in [4.69, 9.17) is 0 Å². The molecule has 2 aromatic carbocycles. The van der Waals surface area contributed by atoms with Crippen LogP contribution in [0.5, 0.6) is 0 Å². The van der Waals surface area contributed by atoms with Crippen LogP contribution in [0.3, 0.4) is 0 Å². The topological polar surface area (TPSA) is 28.7 Å². The van der Waals surface area contributed by atoms with Gasteiger partial charge in [-0.2, -0.15) is 0 Å². The Balaban J connectivity index is 1.90. The summed E-state index contributed by atoms with van der Waals surface area (Å²) < 4.78 is 0. The molecule has 0 saturated carbocycles. The van der Waals surface area contributed by atoms with Crippen LogP contribution in [0.1, 0.15) is 11.3 Å². The molecule has 1 heterocycles. The van der Waals surface area contributed by atoms with E-state index in [-0.39, 0.29) is 0 Å². The number of imidazole rings is 1. The van der Waals surface area contributed by atoms with Crippen molar-refractivity contribution in [2.75, 3.05) is 0 Å². The molecule has 0 fully saturated rings. The molecule has 3 rings (SSSR count). The predicted octanol–water partition coefficient (Wildman–Crippen LogP) is 3.67. The summed E-state index contributed by atoms with van der Waals surface area (Å²) in [6, 6.07) is 19.1. The second-order valence-corrected chi connectivity index (χ2v) is 4.32. The standard InChI is InChI=1S/C16H14N2/c1-2-6-14(7-3-1)15-8-4-5-13(9-15)10-16-11-17-12-18-16/h1-9,11-12H,10H2,(H,17,18). The molecule has 0 radical (unpaired) electrons. The van der Waals surface area contributed by atoms with E-state index in [1.165, 1.54) is 16.7 Å². The minimum absolute atomic E-state index is 0.890. The van der Waals surface area contributed by atoms with Gasteiger partial charge >= 0.3 is 0 Å². The Hall–Kier alpha value is -2.35. The number of nitrogens with zero attached hydrogens (tertiary/aromatic N) is 1. The summed E-state index contributed by atoms with van der Waals surface area (Å²) in [4.78, 5) is 7.18. The quantitative estimate of drug-likeness (QED) is 0.736. The van der Waals surface area contributed by atoms with E-state index >= 15 is 0 Å². The fourth-order valence-electron chi connectivity index (χ4n) is 2.09. The number of H-pyrrole nitrogens is 1. The van der Waals surface area contributed by atoms with Crippen molar-refractivity contribution >= 4 is 0 Å². The summed E-state index contributed by atoms with van der Waals surface area (Å²) in [5, 5.41) is 0. The average Bonchev–Trinajstić information content (AvgIpc) is 2.93. The molecule has 0 spiro atoms. The molecule has 0 bridgehead atoms. The van der Waals surface area contributed by atoms with Crippen LogP contribution in [-0.2, 0) is 6.42 Å². The number of aromatic nitrogens is 2. The molecule has 0 aliphatic heterocycles. The first-order chi connectivity index (χ1) is 8.92. The highest BCUT2D eigenvalue weighted by molar-refractivity contribution is 5.64. The van der Waals surface area contributed by atoms with Gasteiger partial charge in [-0.3, -0.25) is 0 Å². The van der Waals surface area contributed by atoms with E-state index in [9.17, 15) is 0 Å². The van der Waals surface area contributed by atoms with Crippen LogP contribution >= 0.6 is 0 Å². The van der Waals surface area contributed by atoms with E-state index in [1.54, 1.807) is 6.33 Å². The molecule has 0 aliphatic carbocycles. The van der Waals surface area contributed by atoms with Crippen molar-refractivity contribution in [3.8, 4) is 11.1 Å². The van der Waals surface area contributed by atoms with Crippen molar-refractivity contribution in [2.45, 2.75) is 6.42 Å². The predicted molar refractivity (Wildman–Crippen MR) is 73.3 cm³/mol. The van der Waals surface area contributed by atoms with E-state index in [2.05, 4.69) is 58.5 Å².